The molecule has 3 heterocycles. The maximum absolute atomic E-state index is 4.50. The van der Waals surface area contributed by atoms with Crippen molar-refractivity contribution in [2.45, 2.75) is 32.2 Å². The summed E-state index contributed by atoms with van der Waals surface area (Å²) < 4.78 is 0. The van der Waals surface area contributed by atoms with Gasteiger partial charge in [-0.25, -0.2) is 0 Å². The van der Waals surface area contributed by atoms with Crippen molar-refractivity contribution < 1.29 is 0 Å². The Morgan fingerprint density at radius 1 is 0.913 bits per heavy atom. The van der Waals surface area contributed by atoms with E-state index >= 15 is 0 Å². The van der Waals surface area contributed by atoms with E-state index in [0.29, 0.717) is 0 Å². The molecule has 2 atom stereocenters. The zero-order valence-corrected chi connectivity index (χ0v) is 13.8. The van der Waals surface area contributed by atoms with Crippen molar-refractivity contribution in [3.63, 3.8) is 0 Å². The van der Waals surface area contributed by atoms with Crippen LogP contribution in [0.25, 0.3) is 10.8 Å². The first kappa shape index (κ1) is 13.7. The topological polar surface area (TPSA) is 32.3 Å². The van der Waals surface area contributed by atoms with E-state index < -0.39 is 0 Å². The Kier molecular flexibility index (Phi) is 3.08. The van der Waals surface area contributed by atoms with E-state index in [4.69, 9.17) is 0 Å². The summed E-state index contributed by atoms with van der Waals surface area (Å²) in [7, 11) is 0. The highest BCUT2D eigenvalue weighted by atomic mass is 15.4. The van der Waals surface area contributed by atoms with Crippen LogP contribution in [0.2, 0.25) is 0 Å². The summed E-state index contributed by atoms with van der Waals surface area (Å²) in [5.74, 6) is 3.05. The fourth-order valence-corrected chi connectivity index (χ4v) is 4.89. The minimum Gasteiger partial charge on any atom is -0.351 e. The van der Waals surface area contributed by atoms with E-state index in [9.17, 15) is 0 Å². The van der Waals surface area contributed by atoms with Gasteiger partial charge >= 0.3 is 0 Å². The number of hydrogen-bond donors (Lipinski definition) is 0. The smallest absolute Gasteiger partial charge is 0.159 e. The molecule has 0 radical (unpaired) electrons. The van der Waals surface area contributed by atoms with Crippen molar-refractivity contribution in [2.24, 2.45) is 11.8 Å². The number of aromatic nitrogens is 2. The number of benzene rings is 1. The standard InChI is InChI=1S/C19H24N4/c1-13-17-7-2-3-8-18(17)19(21-20-13)23-11-16(12-23)22-9-14-5-4-6-15(14)10-22/h2-3,7-8,14-16H,4-6,9-12H2,1H3. The molecule has 1 aromatic carbocycles. The SMILES string of the molecule is Cc1nnc(N2CC(N3CC4CCCC4C3)C2)c2ccccc12. The molecule has 2 aliphatic heterocycles. The molecule has 3 aliphatic rings. The highest BCUT2D eigenvalue weighted by Gasteiger charge is 2.42. The zero-order valence-electron chi connectivity index (χ0n) is 13.8. The molecular weight excluding hydrogens is 284 g/mol. The van der Waals surface area contributed by atoms with Crippen LogP contribution in [0.3, 0.4) is 0 Å². The number of anilines is 1. The van der Waals surface area contributed by atoms with Crippen LogP contribution >= 0.6 is 0 Å². The lowest BCUT2D eigenvalue weighted by atomic mass is 10.0. The van der Waals surface area contributed by atoms with Gasteiger partial charge < -0.3 is 4.90 Å². The lowest BCUT2D eigenvalue weighted by Gasteiger charge is -2.45. The van der Waals surface area contributed by atoms with E-state index in [2.05, 4.69) is 44.3 Å². The lowest BCUT2D eigenvalue weighted by Crippen LogP contribution is -2.59. The van der Waals surface area contributed by atoms with Crippen molar-refractivity contribution in [3.8, 4) is 0 Å². The third-order valence-electron chi connectivity index (χ3n) is 6.29. The van der Waals surface area contributed by atoms with E-state index in [1.54, 1.807) is 0 Å². The van der Waals surface area contributed by atoms with Gasteiger partial charge in [0.2, 0.25) is 0 Å². The monoisotopic (exact) mass is 308 g/mol. The average Bonchev–Trinajstić information content (AvgIpc) is 3.10. The van der Waals surface area contributed by atoms with E-state index in [-0.39, 0.29) is 0 Å². The second-order valence-electron chi connectivity index (χ2n) is 7.62. The van der Waals surface area contributed by atoms with Gasteiger partial charge in [-0.3, -0.25) is 4.90 Å². The van der Waals surface area contributed by atoms with Gasteiger partial charge in [-0.1, -0.05) is 30.7 Å². The molecule has 1 saturated carbocycles. The minimum absolute atomic E-state index is 0.725. The maximum Gasteiger partial charge on any atom is 0.159 e. The van der Waals surface area contributed by atoms with E-state index in [0.717, 1.165) is 42.5 Å². The molecule has 2 aromatic rings. The normalized spacial score (nSPS) is 28.3. The Balaban J connectivity index is 1.33. The molecule has 4 heteroatoms. The van der Waals surface area contributed by atoms with E-state index in [1.807, 2.05) is 6.92 Å². The number of hydrogen-bond acceptors (Lipinski definition) is 4. The van der Waals surface area contributed by atoms with Gasteiger partial charge in [-0.2, -0.15) is 5.10 Å². The Morgan fingerprint density at radius 3 is 2.35 bits per heavy atom. The van der Waals surface area contributed by atoms with Crippen LogP contribution in [0.4, 0.5) is 5.82 Å². The second kappa shape index (κ2) is 5.17. The summed E-state index contributed by atoms with van der Waals surface area (Å²) in [6, 6.07) is 9.25. The summed E-state index contributed by atoms with van der Waals surface area (Å²) in [4.78, 5) is 5.16. The van der Waals surface area contributed by atoms with Gasteiger partial charge in [0, 0.05) is 43.0 Å². The Labute approximate surface area is 137 Å². The summed E-state index contributed by atoms with van der Waals surface area (Å²) in [6.45, 7) is 6.94. The fourth-order valence-electron chi connectivity index (χ4n) is 4.89. The quantitative estimate of drug-likeness (QED) is 0.854. The molecule has 120 valence electrons. The average molecular weight is 308 g/mol. The lowest BCUT2D eigenvalue weighted by molar-refractivity contribution is 0.190. The van der Waals surface area contributed by atoms with Crippen molar-refractivity contribution in [2.75, 3.05) is 31.1 Å². The molecule has 0 N–H and O–H groups in total. The fraction of sp³-hybridized carbons (Fsp3) is 0.579. The highest BCUT2D eigenvalue weighted by Crippen LogP contribution is 2.40. The number of aryl methyl sites for hydroxylation is 1. The van der Waals surface area contributed by atoms with Crippen LogP contribution in [0, 0.1) is 18.8 Å². The van der Waals surface area contributed by atoms with Crippen molar-refractivity contribution in [1.29, 1.82) is 0 Å². The minimum atomic E-state index is 0.725. The number of rotatable bonds is 2. The highest BCUT2D eigenvalue weighted by molar-refractivity contribution is 5.93. The Morgan fingerprint density at radius 2 is 1.61 bits per heavy atom. The van der Waals surface area contributed by atoms with Gasteiger partial charge in [0.1, 0.15) is 0 Å². The molecular formula is C19H24N4. The van der Waals surface area contributed by atoms with Crippen molar-refractivity contribution in [1.82, 2.24) is 15.1 Å². The van der Waals surface area contributed by atoms with Gasteiger partial charge in [0.05, 0.1) is 5.69 Å². The van der Waals surface area contributed by atoms with Crippen LogP contribution in [-0.4, -0.2) is 47.3 Å². The van der Waals surface area contributed by atoms with Crippen LogP contribution in [0.5, 0.6) is 0 Å². The van der Waals surface area contributed by atoms with Crippen LogP contribution in [-0.2, 0) is 0 Å². The molecule has 2 saturated heterocycles. The van der Waals surface area contributed by atoms with Crippen LogP contribution in [0.1, 0.15) is 25.0 Å². The molecule has 0 bridgehead atoms. The summed E-state index contributed by atoms with van der Waals surface area (Å²) in [5.41, 5.74) is 1.02. The first-order valence-corrected chi connectivity index (χ1v) is 9.00. The number of nitrogens with zero attached hydrogens (tertiary/aromatic N) is 4. The molecule has 0 spiro atoms. The predicted molar refractivity (Wildman–Crippen MR) is 92.7 cm³/mol. The molecule has 0 amide bonds. The summed E-state index contributed by atoms with van der Waals surface area (Å²) in [5, 5.41) is 11.4. The molecule has 1 aliphatic carbocycles. The predicted octanol–water partition coefficient (Wildman–Crippen LogP) is 2.86. The second-order valence-corrected chi connectivity index (χ2v) is 7.62. The van der Waals surface area contributed by atoms with Crippen LogP contribution < -0.4 is 4.90 Å². The molecule has 4 nitrogen and oxygen atoms in total. The third kappa shape index (κ3) is 2.15. The number of likely N-dealkylation sites (tertiary alicyclic amines) is 1. The van der Waals surface area contributed by atoms with Gasteiger partial charge in [0.25, 0.3) is 0 Å². The molecule has 1 aromatic heterocycles. The van der Waals surface area contributed by atoms with Gasteiger partial charge in [0.15, 0.2) is 5.82 Å². The summed E-state index contributed by atoms with van der Waals surface area (Å²) in [6.07, 6.45) is 4.39. The number of fused-ring (bicyclic) bond motifs is 2. The molecule has 23 heavy (non-hydrogen) atoms. The third-order valence-corrected chi connectivity index (χ3v) is 6.29. The maximum atomic E-state index is 4.50. The zero-order chi connectivity index (χ0) is 15.4. The first-order valence-electron chi connectivity index (χ1n) is 9.00. The molecule has 2 unspecified atom stereocenters. The summed E-state index contributed by atoms with van der Waals surface area (Å²) >= 11 is 0. The van der Waals surface area contributed by atoms with E-state index in [1.165, 1.54) is 43.1 Å². The van der Waals surface area contributed by atoms with Crippen LogP contribution in [0.15, 0.2) is 24.3 Å². The Hall–Kier alpha value is -1.68. The van der Waals surface area contributed by atoms with Gasteiger partial charge in [-0.15, -0.1) is 5.10 Å². The van der Waals surface area contributed by atoms with Gasteiger partial charge in [-0.05, 0) is 31.6 Å². The first-order chi connectivity index (χ1) is 11.3. The molecule has 5 rings (SSSR count). The Bertz CT molecular complexity index is 725. The largest absolute Gasteiger partial charge is 0.351 e. The molecule has 3 fully saturated rings. The van der Waals surface area contributed by atoms with Crippen molar-refractivity contribution in [3.05, 3.63) is 30.0 Å². The van der Waals surface area contributed by atoms with Crippen molar-refractivity contribution >= 4 is 16.6 Å².